The van der Waals surface area contributed by atoms with Crippen LogP contribution in [0.3, 0.4) is 0 Å². The second-order valence-electron chi connectivity index (χ2n) is 3.86. The summed E-state index contributed by atoms with van der Waals surface area (Å²) in [5.41, 5.74) is 7.83. The molecule has 0 aliphatic carbocycles. The Bertz CT molecular complexity index is 524. The number of nitrogens with zero attached hydrogens (tertiary/aromatic N) is 3. The van der Waals surface area contributed by atoms with E-state index in [1.54, 1.807) is 11.9 Å². The van der Waals surface area contributed by atoms with Gasteiger partial charge in [0.25, 0.3) is 5.91 Å². The minimum absolute atomic E-state index is 0.143. The number of hydrogen-bond donors (Lipinski definition) is 1. The molecule has 2 aromatic rings. The maximum Gasteiger partial charge on any atom is 0.261 e. The number of carbonyl (C=O) groups is 1. The molecule has 1 aromatic heterocycles. The molecule has 1 heterocycles. The number of carbonyl (C=O) groups excluding carboxylic acids is 1. The summed E-state index contributed by atoms with van der Waals surface area (Å²) >= 11 is 0. The highest BCUT2D eigenvalue weighted by Crippen LogP contribution is 2.15. The molecule has 5 heteroatoms. The minimum Gasteiger partial charge on any atom is -0.326 e. The van der Waals surface area contributed by atoms with E-state index in [1.807, 2.05) is 24.3 Å². The molecule has 2 rings (SSSR count). The van der Waals surface area contributed by atoms with Crippen molar-refractivity contribution in [2.75, 3.05) is 11.9 Å². The van der Waals surface area contributed by atoms with Crippen LogP contribution in [0.1, 0.15) is 15.9 Å². The third-order valence-electron chi connectivity index (χ3n) is 2.67. The molecule has 0 aliphatic heterocycles. The average molecular weight is 242 g/mol. The fraction of sp³-hybridized carbons (Fsp3) is 0.154. The number of aromatic nitrogens is 2. The molecule has 1 amide bonds. The van der Waals surface area contributed by atoms with E-state index in [4.69, 9.17) is 5.73 Å². The van der Waals surface area contributed by atoms with E-state index in [-0.39, 0.29) is 5.91 Å². The van der Waals surface area contributed by atoms with Crippen LogP contribution in [0.4, 0.5) is 5.69 Å². The van der Waals surface area contributed by atoms with Crippen molar-refractivity contribution in [3.63, 3.8) is 0 Å². The predicted molar refractivity (Wildman–Crippen MR) is 69.1 cm³/mol. The van der Waals surface area contributed by atoms with Crippen molar-refractivity contribution >= 4 is 11.6 Å². The molecule has 0 fully saturated rings. The molecule has 0 saturated heterocycles. The number of hydrogen-bond acceptors (Lipinski definition) is 4. The van der Waals surface area contributed by atoms with Gasteiger partial charge < -0.3 is 10.6 Å². The lowest BCUT2D eigenvalue weighted by Gasteiger charge is -2.17. The number of anilines is 1. The Morgan fingerprint density at radius 3 is 2.39 bits per heavy atom. The fourth-order valence-corrected chi connectivity index (χ4v) is 1.58. The summed E-state index contributed by atoms with van der Waals surface area (Å²) in [6.07, 6.45) is 4.40. The van der Waals surface area contributed by atoms with Crippen molar-refractivity contribution in [1.29, 1.82) is 0 Å². The zero-order chi connectivity index (χ0) is 13.0. The minimum atomic E-state index is -0.143. The fourth-order valence-electron chi connectivity index (χ4n) is 1.58. The van der Waals surface area contributed by atoms with Gasteiger partial charge in [-0.25, -0.2) is 9.97 Å². The number of nitrogens with two attached hydrogens (primary N) is 1. The summed E-state index contributed by atoms with van der Waals surface area (Å²) in [6, 6.07) is 7.54. The van der Waals surface area contributed by atoms with Gasteiger partial charge in [-0.15, -0.1) is 0 Å². The average Bonchev–Trinajstić information content (AvgIpc) is 2.47. The molecule has 92 valence electrons. The molecular formula is C13H14N4O. The highest BCUT2D eigenvalue weighted by atomic mass is 16.2. The molecule has 0 bridgehead atoms. The molecule has 0 unspecified atom stereocenters. The van der Waals surface area contributed by atoms with Crippen LogP contribution in [0.25, 0.3) is 0 Å². The lowest BCUT2D eigenvalue weighted by molar-refractivity contribution is 0.0992. The number of benzene rings is 1. The van der Waals surface area contributed by atoms with E-state index in [0.717, 1.165) is 11.3 Å². The van der Waals surface area contributed by atoms with Gasteiger partial charge in [0.15, 0.2) is 0 Å². The molecule has 0 saturated carbocycles. The summed E-state index contributed by atoms with van der Waals surface area (Å²) in [4.78, 5) is 21.3. The van der Waals surface area contributed by atoms with Gasteiger partial charge >= 0.3 is 0 Å². The van der Waals surface area contributed by atoms with Gasteiger partial charge in [0.05, 0.1) is 5.56 Å². The third-order valence-corrected chi connectivity index (χ3v) is 2.67. The molecule has 18 heavy (non-hydrogen) atoms. The van der Waals surface area contributed by atoms with Crippen LogP contribution in [0.2, 0.25) is 0 Å². The van der Waals surface area contributed by atoms with Crippen LogP contribution in [-0.4, -0.2) is 22.9 Å². The monoisotopic (exact) mass is 242 g/mol. The topological polar surface area (TPSA) is 72.1 Å². The highest BCUT2D eigenvalue weighted by molar-refractivity contribution is 6.05. The standard InChI is InChI=1S/C13H14N4O/c1-17(12-4-2-10(6-14)3-5-12)13(18)11-7-15-9-16-8-11/h2-5,7-9H,6,14H2,1H3. The Balaban J connectivity index is 2.20. The van der Waals surface area contributed by atoms with Gasteiger partial charge in [-0.05, 0) is 17.7 Å². The van der Waals surface area contributed by atoms with Crippen molar-refractivity contribution in [2.45, 2.75) is 6.54 Å². The lowest BCUT2D eigenvalue weighted by Crippen LogP contribution is -2.26. The van der Waals surface area contributed by atoms with Gasteiger partial charge in [-0.1, -0.05) is 12.1 Å². The summed E-state index contributed by atoms with van der Waals surface area (Å²) in [5.74, 6) is -0.143. The molecule has 0 radical (unpaired) electrons. The maximum absolute atomic E-state index is 12.1. The van der Waals surface area contributed by atoms with Crippen LogP contribution < -0.4 is 10.6 Å². The maximum atomic E-state index is 12.1. The lowest BCUT2D eigenvalue weighted by atomic mass is 10.2. The summed E-state index contributed by atoms with van der Waals surface area (Å²) in [6.45, 7) is 0.491. The van der Waals surface area contributed by atoms with E-state index < -0.39 is 0 Å². The Morgan fingerprint density at radius 1 is 1.22 bits per heavy atom. The SMILES string of the molecule is CN(C(=O)c1cncnc1)c1ccc(CN)cc1. The van der Waals surface area contributed by atoms with E-state index in [1.165, 1.54) is 18.7 Å². The Morgan fingerprint density at radius 2 is 1.83 bits per heavy atom. The van der Waals surface area contributed by atoms with Crippen LogP contribution in [-0.2, 0) is 6.54 Å². The molecule has 0 atom stereocenters. The second-order valence-corrected chi connectivity index (χ2v) is 3.86. The van der Waals surface area contributed by atoms with Gasteiger partial charge in [-0.2, -0.15) is 0 Å². The van der Waals surface area contributed by atoms with Crippen molar-refractivity contribution in [3.8, 4) is 0 Å². The molecule has 2 N–H and O–H groups in total. The third kappa shape index (κ3) is 2.52. The van der Waals surface area contributed by atoms with Gasteiger partial charge in [-0.3, -0.25) is 4.79 Å². The van der Waals surface area contributed by atoms with Crippen molar-refractivity contribution in [2.24, 2.45) is 5.73 Å². The van der Waals surface area contributed by atoms with Crippen LogP contribution >= 0.6 is 0 Å². The van der Waals surface area contributed by atoms with Crippen molar-refractivity contribution < 1.29 is 4.79 Å². The first-order valence-corrected chi connectivity index (χ1v) is 5.54. The van der Waals surface area contributed by atoms with Gasteiger partial charge in [0, 0.05) is 31.7 Å². The van der Waals surface area contributed by atoms with Crippen LogP contribution in [0.5, 0.6) is 0 Å². The molecule has 0 spiro atoms. The smallest absolute Gasteiger partial charge is 0.261 e. The van der Waals surface area contributed by atoms with Crippen LogP contribution in [0.15, 0.2) is 43.0 Å². The van der Waals surface area contributed by atoms with E-state index in [2.05, 4.69) is 9.97 Å². The van der Waals surface area contributed by atoms with Gasteiger partial charge in [0.2, 0.25) is 0 Å². The largest absolute Gasteiger partial charge is 0.326 e. The second kappa shape index (κ2) is 5.37. The zero-order valence-electron chi connectivity index (χ0n) is 10.1. The quantitative estimate of drug-likeness (QED) is 0.878. The molecule has 0 aliphatic rings. The Hall–Kier alpha value is -2.27. The first-order chi connectivity index (χ1) is 8.72. The summed E-state index contributed by atoms with van der Waals surface area (Å²) in [7, 11) is 1.72. The van der Waals surface area contributed by atoms with Crippen molar-refractivity contribution in [3.05, 3.63) is 54.1 Å². The van der Waals surface area contributed by atoms with E-state index in [0.29, 0.717) is 12.1 Å². The van der Waals surface area contributed by atoms with E-state index >= 15 is 0 Å². The first kappa shape index (κ1) is 12.2. The molecular weight excluding hydrogens is 228 g/mol. The number of amides is 1. The predicted octanol–water partition coefficient (Wildman–Crippen LogP) is 1.21. The van der Waals surface area contributed by atoms with Gasteiger partial charge in [0.1, 0.15) is 6.33 Å². The van der Waals surface area contributed by atoms with Crippen molar-refractivity contribution in [1.82, 2.24) is 9.97 Å². The summed E-state index contributed by atoms with van der Waals surface area (Å²) < 4.78 is 0. The summed E-state index contributed by atoms with van der Waals surface area (Å²) in [5, 5.41) is 0. The Labute approximate surface area is 105 Å². The zero-order valence-corrected chi connectivity index (χ0v) is 10.1. The van der Waals surface area contributed by atoms with Crippen LogP contribution in [0, 0.1) is 0 Å². The van der Waals surface area contributed by atoms with E-state index in [9.17, 15) is 4.79 Å². The first-order valence-electron chi connectivity index (χ1n) is 5.54. The number of rotatable bonds is 3. The molecule has 5 nitrogen and oxygen atoms in total. The Kier molecular flexibility index (Phi) is 3.64. The highest BCUT2D eigenvalue weighted by Gasteiger charge is 2.13. The normalized spacial score (nSPS) is 10.1. The molecule has 1 aromatic carbocycles.